The molecule has 2 aliphatic heterocycles. The Balaban J connectivity index is 1.97. The Kier molecular flexibility index (Phi) is 3.47. The van der Waals surface area contributed by atoms with Crippen molar-refractivity contribution < 1.29 is 14.7 Å². The predicted molar refractivity (Wildman–Crippen MR) is 74.7 cm³/mol. The van der Waals surface area contributed by atoms with Crippen LogP contribution in [0.25, 0.3) is 0 Å². The number of carboxylic acid groups (broad SMARTS) is 1. The van der Waals surface area contributed by atoms with E-state index >= 15 is 0 Å². The zero-order chi connectivity index (χ0) is 14.1. The number of benzene rings is 1. The van der Waals surface area contributed by atoms with E-state index in [2.05, 4.69) is 0 Å². The zero-order valence-corrected chi connectivity index (χ0v) is 11.4. The molecule has 1 amide bonds. The maximum absolute atomic E-state index is 12.2. The van der Waals surface area contributed by atoms with Crippen LogP contribution < -0.4 is 0 Å². The third-order valence-corrected chi connectivity index (χ3v) is 4.57. The van der Waals surface area contributed by atoms with Crippen LogP contribution in [0.2, 0.25) is 0 Å². The third kappa shape index (κ3) is 2.19. The summed E-state index contributed by atoms with van der Waals surface area (Å²) in [6.45, 7) is 0.829. The summed E-state index contributed by atoms with van der Waals surface area (Å²) in [6, 6.07) is 7.31. The summed E-state index contributed by atoms with van der Waals surface area (Å²) in [5.74, 6) is -0.685. The molecule has 106 valence electrons. The second kappa shape index (κ2) is 5.27. The van der Waals surface area contributed by atoms with Crippen molar-refractivity contribution in [2.24, 2.45) is 0 Å². The first-order valence-corrected chi connectivity index (χ1v) is 7.30. The third-order valence-electron chi connectivity index (χ3n) is 4.57. The minimum absolute atomic E-state index is 0.0351. The summed E-state index contributed by atoms with van der Waals surface area (Å²) >= 11 is 0. The molecule has 1 aromatic rings. The van der Waals surface area contributed by atoms with Gasteiger partial charge in [0.05, 0.1) is 5.56 Å². The van der Waals surface area contributed by atoms with Crippen LogP contribution in [0.1, 0.15) is 53.9 Å². The minimum Gasteiger partial charge on any atom is -0.478 e. The van der Waals surface area contributed by atoms with Crippen LogP contribution in [0, 0.1) is 0 Å². The highest BCUT2D eigenvalue weighted by Crippen LogP contribution is 2.39. The van der Waals surface area contributed by atoms with E-state index in [4.69, 9.17) is 0 Å². The van der Waals surface area contributed by atoms with E-state index < -0.39 is 5.97 Å². The fraction of sp³-hybridized carbons (Fsp3) is 0.500. The van der Waals surface area contributed by atoms with Crippen LogP contribution in [0.4, 0.5) is 0 Å². The molecule has 2 aliphatic rings. The molecule has 1 N–H and O–H groups in total. The lowest BCUT2D eigenvalue weighted by Crippen LogP contribution is -2.34. The van der Waals surface area contributed by atoms with Gasteiger partial charge in [0.2, 0.25) is 5.91 Å². The standard InChI is InChI=1S/C16H19NO3/c18-15-10-13(14-8-2-1-5-9-17(14)15)11-6-3-4-7-12(11)16(19)20/h3-4,6-7,13-14H,1-2,5,8-10H2,(H,19,20). The van der Waals surface area contributed by atoms with E-state index in [1.807, 2.05) is 17.0 Å². The smallest absolute Gasteiger partial charge is 0.335 e. The van der Waals surface area contributed by atoms with Crippen molar-refractivity contribution >= 4 is 11.9 Å². The van der Waals surface area contributed by atoms with E-state index in [1.165, 1.54) is 0 Å². The summed E-state index contributed by atoms with van der Waals surface area (Å²) in [5.41, 5.74) is 1.17. The van der Waals surface area contributed by atoms with Crippen LogP contribution >= 0.6 is 0 Å². The number of hydrogen-bond acceptors (Lipinski definition) is 2. The van der Waals surface area contributed by atoms with Gasteiger partial charge in [-0.3, -0.25) is 4.79 Å². The van der Waals surface area contributed by atoms with Crippen LogP contribution in [0.15, 0.2) is 24.3 Å². The van der Waals surface area contributed by atoms with Gasteiger partial charge in [-0.15, -0.1) is 0 Å². The molecule has 2 saturated heterocycles. The molecule has 2 heterocycles. The number of nitrogens with zero attached hydrogens (tertiary/aromatic N) is 1. The van der Waals surface area contributed by atoms with Gasteiger partial charge in [-0.05, 0) is 24.5 Å². The van der Waals surface area contributed by atoms with Crippen LogP contribution in [0.3, 0.4) is 0 Å². The molecule has 20 heavy (non-hydrogen) atoms. The highest BCUT2D eigenvalue weighted by atomic mass is 16.4. The number of carboxylic acids is 1. The summed E-state index contributed by atoms with van der Waals surface area (Å²) in [5, 5.41) is 9.34. The molecule has 3 rings (SSSR count). The molecule has 0 aromatic heterocycles. The number of amides is 1. The second-order valence-corrected chi connectivity index (χ2v) is 5.71. The largest absolute Gasteiger partial charge is 0.478 e. The molecule has 4 heteroatoms. The summed E-state index contributed by atoms with van der Waals surface area (Å²) in [7, 11) is 0. The molecule has 0 bridgehead atoms. The van der Waals surface area contributed by atoms with Crippen molar-refractivity contribution in [3.05, 3.63) is 35.4 Å². The van der Waals surface area contributed by atoms with E-state index in [1.54, 1.807) is 12.1 Å². The lowest BCUT2D eigenvalue weighted by Gasteiger charge is -2.26. The fourth-order valence-electron chi connectivity index (χ4n) is 3.64. The van der Waals surface area contributed by atoms with Crippen molar-refractivity contribution in [1.29, 1.82) is 0 Å². The normalized spacial score (nSPS) is 26.2. The van der Waals surface area contributed by atoms with Crippen molar-refractivity contribution in [1.82, 2.24) is 4.90 Å². The average Bonchev–Trinajstić information content (AvgIpc) is 2.64. The van der Waals surface area contributed by atoms with E-state index in [0.29, 0.717) is 12.0 Å². The Bertz CT molecular complexity index is 540. The van der Waals surface area contributed by atoms with E-state index in [9.17, 15) is 14.7 Å². The Morgan fingerprint density at radius 1 is 1.20 bits per heavy atom. The predicted octanol–water partition coefficient (Wildman–Crippen LogP) is 2.64. The molecule has 0 spiro atoms. The lowest BCUT2D eigenvalue weighted by molar-refractivity contribution is -0.128. The molecule has 0 radical (unpaired) electrons. The van der Waals surface area contributed by atoms with Gasteiger partial charge in [-0.25, -0.2) is 4.79 Å². The van der Waals surface area contributed by atoms with Crippen molar-refractivity contribution in [3.63, 3.8) is 0 Å². The molecule has 4 nitrogen and oxygen atoms in total. The monoisotopic (exact) mass is 273 g/mol. The minimum atomic E-state index is -0.903. The highest BCUT2D eigenvalue weighted by Gasteiger charge is 2.41. The zero-order valence-electron chi connectivity index (χ0n) is 11.4. The summed E-state index contributed by atoms with van der Waals surface area (Å²) in [6.07, 6.45) is 4.79. The van der Waals surface area contributed by atoms with Crippen molar-refractivity contribution in [2.45, 2.75) is 44.1 Å². The maximum atomic E-state index is 12.2. The van der Waals surface area contributed by atoms with E-state index in [-0.39, 0.29) is 17.9 Å². The Labute approximate surface area is 118 Å². The molecular weight excluding hydrogens is 254 g/mol. The summed E-state index contributed by atoms with van der Waals surface area (Å²) < 4.78 is 0. The van der Waals surface area contributed by atoms with Gasteiger partial charge < -0.3 is 10.0 Å². The van der Waals surface area contributed by atoms with Gasteiger partial charge in [0.15, 0.2) is 0 Å². The molecule has 2 fully saturated rings. The number of hydrogen-bond donors (Lipinski definition) is 1. The van der Waals surface area contributed by atoms with Crippen LogP contribution in [-0.4, -0.2) is 34.5 Å². The Hall–Kier alpha value is -1.84. The first kappa shape index (κ1) is 13.2. The number of carbonyl (C=O) groups is 2. The number of carbonyl (C=O) groups excluding carboxylic acids is 1. The Morgan fingerprint density at radius 3 is 2.80 bits per heavy atom. The van der Waals surface area contributed by atoms with E-state index in [0.717, 1.165) is 37.8 Å². The molecule has 2 unspecified atom stereocenters. The number of fused-ring (bicyclic) bond motifs is 1. The van der Waals surface area contributed by atoms with Crippen molar-refractivity contribution in [3.8, 4) is 0 Å². The lowest BCUT2D eigenvalue weighted by atomic mass is 9.86. The molecule has 0 aliphatic carbocycles. The summed E-state index contributed by atoms with van der Waals surface area (Å²) in [4.78, 5) is 25.6. The first-order valence-electron chi connectivity index (χ1n) is 7.30. The van der Waals surface area contributed by atoms with Gasteiger partial charge in [0.25, 0.3) is 0 Å². The Morgan fingerprint density at radius 2 is 2.00 bits per heavy atom. The fourth-order valence-corrected chi connectivity index (χ4v) is 3.64. The quantitative estimate of drug-likeness (QED) is 0.901. The maximum Gasteiger partial charge on any atom is 0.335 e. The second-order valence-electron chi connectivity index (χ2n) is 5.71. The van der Waals surface area contributed by atoms with Gasteiger partial charge in [0.1, 0.15) is 0 Å². The van der Waals surface area contributed by atoms with Crippen molar-refractivity contribution in [2.75, 3.05) is 6.54 Å². The van der Waals surface area contributed by atoms with Gasteiger partial charge in [0, 0.05) is 24.9 Å². The topological polar surface area (TPSA) is 57.6 Å². The SMILES string of the molecule is O=C(O)c1ccccc1C1CC(=O)N2CCCCCC12. The number of aromatic carboxylic acids is 1. The van der Waals surface area contributed by atoms with Crippen LogP contribution in [0.5, 0.6) is 0 Å². The van der Waals surface area contributed by atoms with Gasteiger partial charge in [-0.1, -0.05) is 31.0 Å². The van der Waals surface area contributed by atoms with Gasteiger partial charge >= 0.3 is 5.97 Å². The average molecular weight is 273 g/mol. The molecule has 0 saturated carbocycles. The highest BCUT2D eigenvalue weighted by molar-refractivity contribution is 5.90. The molecular formula is C16H19NO3. The molecule has 2 atom stereocenters. The first-order chi connectivity index (χ1) is 9.68. The number of rotatable bonds is 2. The molecule has 1 aromatic carbocycles. The van der Waals surface area contributed by atoms with Gasteiger partial charge in [-0.2, -0.15) is 0 Å². The van der Waals surface area contributed by atoms with Crippen LogP contribution in [-0.2, 0) is 4.79 Å².